The lowest BCUT2D eigenvalue weighted by molar-refractivity contribution is 0.0382. The first-order chi connectivity index (χ1) is 7.71. The van der Waals surface area contributed by atoms with Crippen LogP contribution in [0, 0.1) is 0 Å². The molecular formula is C13H28N2O. The van der Waals surface area contributed by atoms with Crippen LogP contribution in [0.2, 0.25) is 0 Å². The average molecular weight is 228 g/mol. The predicted octanol–water partition coefficient (Wildman–Crippen LogP) is 1.87. The predicted molar refractivity (Wildman–Crippen MR) is 68.8 cm³/mol. The summed E-state index contributed by atoms with van der Waals surface area (Å²) in [5.41, 5.74) is 0. The van der Waals surface area contributed by atoms with Crippen molar-refractivity contribution >= 4 is 0 Å². The minimum Gasteiger partial charge on any atom is -0.380 e. The molecule has 1 aliphatic rings. The molecule has 1 N–H and O–H groups in total. The van der Waals surface area contributed by atoms with E-state index in [4.69, 9.17) is 4.74 Å². The molecule has 1 saturated heterocycles. The first-order valence-corrected chi connectivity index (χ1v) is 6.71. The van der Waals surface area contributed by atoms with Gasteiger partial charge in [-0.3, -0.25) is 4.90 Å². The highest BCUT2D eigenvalue weighted by molar-refractivity contribution is 4.86. The molecule has 0 spiro atoms. The van der Waals surface area contributed by atoms with Gasteiger partial charge >= 0.3 is 0 Å². The number of rotatable bonds is 6. The topological polar surface area (TPSA) is 24.5 Å². The van der Waals surface area contributed by atoms with Crippen molar-refractivity contribution in [2.24, 2.45) is 0 Å². The van der Waals surface area contributed by atoms with Gasteiger partial charge in [-0.25, -0.2) is 0 Å². The van der Waals surface area contributed by atoms with Crippen molar-refractivity contribution in [1.29, 1.82) is 0 Å². The third kappa shape index (κ3) is 4.04. The van der Waals surface area contributed by atoms with E-state index >= 15 is 0 Å². The summed E-state index contributed by atoms with van der Waals surface area (Å²) in [5.74, 6) is 0. The Bertz CT molecular complexity index is 185. The molecule has 0 radical (unpaired) electrons. The van der Waals surface area contributed by atoms with Crippen LogP contribution >= 0.6 is 0 Å². The Labute approximate surface area is 101 Å². The molecule has 3 unspecified atom stereocenters. The molecule has 3 heteroatoms. The molecular weight excluding hydrogens is 200 g/mol. The molecule has 3 nitrogen and oxygen atoms in total. The highest BCUT2D eigenvalue weighted by atomic mass is 16.5. The highest BCUT2D eigenvalue weighted by Gasteiger charge is 2.27. The van der Waals surface area contributed by atoms with Crippen molar-refractivity contribution in [2.45, 2.75) is 58.2 Å². The van der Waals surface area contributed by atoms with Crippen molar-refractivity contribution < 1.29 is 4.74 Å². The summed E-state index contributed by atoms with van der Waals surface area (Å²) in [5, 5.41) is 3.64. The molecule has 1 heterocycles. The Morgan fingerprint density at radius 3 is 2.75 bits per heavy atom. The second-order valence-electron chi connectivity index (χ2n) is 4.96. The Morgan fingerprint density at radius 2 is 2.19 bits per heavy atom. The highest BCUT2D eigenvalue weighted by Crippen LogP contribution is 2.14. The number of nitrogens with one attached hydrogen (secondary N) is 1. The fourth-order valence-corrected chi connectivity index (χ4v) is 2.45. The van der Waals surface area contributed by atoms with Crippen molar-refractivity contribution in [3.63, 3.8) is 0 Å². The van der Waals surface area contributed by atoms with Gasteiger partial charge in [0.2, 0.25) is 0 Å². The molecule has 0 aromatic carbocycles. The number of hydrogen-bond donors (Lipinski definition) is 1. The zero-order valence-electron chi connectivity index (χ0n) is 11.3. The molecule has 0 amide bonds. The van der Waals surface area contributed by atoms with Gasteiger partial charge in [0.05, 0.1) is 6.10 Å². The second-order valence-corrected chi connectivity index (χ2v) is 4.96. The van der Waals surface area contributed by atoms with Crippen LogP contribution in [-0.2, 0) is 4.74 Å². The zero-order chi connectivity index (χ0) is 12.0. The van der Waals surface area contributed by atoms with E-state index < -0.39 is 0 Å². The van der Waals surface area contributed by atoms with Crippen LogP contribution < -0.4 is 5.32 Å². The summed E-state index contributed by atoms with van der Waals surface area (Å²) < 4.78 is 5.39. The van der Waals surface area contributed by atoms with Crippen molar-refractivity contribution in [2.75, 3.05) is 26.7 Å². The third-order valence-corrected chi connectivity index (χ3v) is 3.62. The minimum atomic E-state index is 0.343. The van der Waals surface area contributed by atoms with Crippen LogP contribution in [0.15, 0.2) is 0 Å². The van der Waals surface area contributed by atoms with Gasteiger partial charge in [0.25, 0.3) is 0 Å². The van der Waals surface area contributed by atoms with E-state index in [-0.39, 0.29) is 0 Å². The molecule has 16 heavy (non-hydrogen) atoms. The number of hydrogen-bond acceptors (Lipinski definition) is 3. The maximum absolute atomic E-state index is 5.39. The van der Waals surface area contributed by atoms with Crippen LogP contribution in [0.3, 0.4) is 0 Å². The number of methoxy groups -OCH3 is 1. The minimum absolute atomic E-state index is 0.343. The second kappa shape index (κ2) is 7.25. The van der Waals surface area contributed by atoms with Crippen molar-refractivity contribution in [3.8, 4) is 0 Å². The van der Waals surface area contributed by atoms with E-state index in [0.29, 0.717) is 18.2 Å². The Balaban J connectivity index is 2.49. The quantitative estimate of drug-likeness (QED) is 0.751. The van der Waals surface area contributed by atoms with Crippen molar-refractivity contribution in [3.05, 3.63) is 0 Å². The summed E-state index contributed by atoms with van der Waals surface area (Å²) in [6.45, 7) is 10.1. The molecule has 96 valence electrons. The van der Waals surface area contributed by atoms with Gasteiger partial charge in [0, 0.05) is 38.8 Å². The average Bonchev–Trinajstić information content (AvgIpc) is 2.31. The summed E-state index contributed by atoms with van der Waals surface area (Å²) in [6, 6.07) is 1.36. The maximum Gasteiger partial charge on any atom is 0.0670 e. The molecule has 1 fully saturated rings. The van der Waals surface area contributed by atoms with Gasteiger partial charge in [-0.1, -0.05) is 20.3 Å². The van der Waals surface area contributed by atoms with Crippen LogP contribution in [0.25, 0.3) is 0 Å². The first-order valence-electron chi connectivity index (χ1n) is 6.71. The van der Waals surface area contributed by atoms with Crippen LogP contribution in [0.5, 0.6) is 0 Å². The smallest absolute Gasteiger partial charge is 0.0670 e. The van der Waals surface area contributed by atoms with Crippen LogP contribution in [-0.4, -0.2) is 49.8 Å². The largest absolute Gasteiger partial charge is 0.380 e. The maximum atomic E-state index is 5.39. The van der Waals surface area contributed by atoms with Gasteiger partial charge < -0.3 is 10.1 Å². The lowest BCUT2D eigenvalue weighted by atomic mass is 10.0. The van der Waals surface area contributed by atoms with E-state index in [9.17, 15) is 0 Å². The normalized spacial score (nSPS) is 29.2. The van der Waals surface area contributed by atoms with E-state index in [2.05, 4.69) is 31.0 Å². The summed E-state index contributed by atoms with van der Waals surface area (Å²) in [6.07, 6.45) is 4.12. The zero-order valence-corrected chi connectivity index (χ0v) is 11.3. The van der Waals surface area contributed by atoms with Gasteiger partial charge in [-0.05, 0) is 19.8 Å². The molecule has 0 saturated carbocycles. The third-order valence-electron chi connectivity index (χ3n) is 3.62. The number of ether oxygens (including phenoxy) is 1. The molecule has 3 atom stereocenters. The van der Waals surface area contributed by atoms with Gasteiger partial charge in [-0.2, -0.15) is 0 Å². The van der Waals surface area contributed by atoms with Crippen LogP contribution in [0.4, 0.5) is 0 Å². The lowest BCUT2D eigenvalue weighted by Crippen LogP contribution is -2.57. The van der Waals surface area contributed by atoms with Gasteiger partial charge in [0.15, 0.2) is 0 Å². The summed E-state index contributed by atoms with van der Waals surface area (Å²) in [7, 11) is 1.80. The summed E-state index contributed by atoms with van der Waals surface area (Å²) in [4.78, 5) is 2.61. The molecule has 1 rings (SSSR count). The van der Waals surface area contributed by atoms with Crippen molar-refractivity contribution in [1.82, 2.24) is 10.2 Å². The molecule has 0 aromatic rings. The monoisotopic (exact) mass is 228 g/mol. The van der Waals surface area contributed by atoms with E-state index in [1.807, 2.05) is 0 Å². The van der Waals surface area contributed by atoms with Gasteiger partial charge in [-0.15, -0.1) is 0 Å². The summed E-state index contributed by atoms with van der Waals surface area (Å²) >= 11 is 0. The standard InChI is InChI=1S/C13H28N2O/c1-5-7-13-8-14-12(6-2)10-15(13)9-11(3)16-4/h11-14H,5-10H2,1-4H3. The lowest BCUT2D eigenvalue weighted by Gasteiger charge is -2.41. The van der Waals surface area contributed by atoms with Gasteiger partial charge in [0.1, 0.15) is 0 Å². The number of piperazine rings is 1. The fourth-order valence-electron chi connectivity index (χ4n) is 2.45. The molecule has 1 aliphatic heterocycles. The van der Waals surface area contributed by atoms with E-state index in [1.165, 1.54) is 25.8 Å². The van der Waals surface area contributed by atoms with E-state index in [1.54, 1.807) is 7.11 Å². The Hall–Kier alpha value is -0.120. The Kier molecular flexibility index (Phi) is 6.32. The molecule has 0 bridgehead atoms. The SMILES string of the molecule is CCCC1CNC(CC)CN1CC(C)OC. The first kappa shape index (κ1) is 13.9. The van der Waals surface area contributed by atoms with E-state index in [0.717, 1.165) is 13.1 Å². The van der Waals surface area contributed by atoms with Crippen LogP contribution in [0.1, 0.15) is 40.0 Å². The number of nitrogens with zero attached hydrogens (tertiary/aromatic N) is 1. The molecule has 0 aliphatic carbocycles. The molecule has 0 aromatic heterocycles. The Morgan fingerprint density at radius 1 is 1.44 bits per heavy atom. The fraction of sp³-hybridized carbons (Fsp3) is 1.00.